The summed E-state index contributed by atoms with van der Waals surface area (Å²) in [5.41, 5.74) is 1.73. The number of aromatic nitrogens is 1. The van der Waals surface area contributed by atoms with Crippen molar-refractivity contribution in [2.45, 2.75) is 20.0 Å². The van der Waals surface area contributed by atoms with Gasteiger partial charge in [0.1, 0.15) is 6.20 Å². The number of nitrogens with zero attached hydrogens (tertiary/aromatic N) is 3. The van der Waals surface area contributed by atoms with Crippen LogP contribution in [0.1, 0.15) is 21.5 Å². The molecule has 2 rings (SSSR count). The predicted molar refractivity (Wildman–Crippen MR) is 101 cm³/mol. The maximum absolute atomic E-state index is 12.2. The van der Waals surface area contributed by atoms with Crippen LogP contribution in [0.2, 0.25) is 0 Å². The summed E-state index contributed by atoms with van der Waals surface area (Å²) in [7, 11) is 0. The Morgan fingerprint density at radius 1 is 1.34 bits per heavy atom. The minimum Gasteiger partial charge on any atom is -0.478 e. The molecule has 1 atom stereocenters. The normalized spacial score (nSPS) is 11.2. The highest BCUT2D eigenvalue weighted by atomic mass is 32.1. The van der Waals surface area contributed by atoms with E-state index in [4.69, 9.17) is 0 Å². The minimum absolute atomic E-state index is 0.0492. The molecular weight excluding hydrogens is 406 g/mol. The number of aryl methyl sites for hydroxylation is 2. The van der Waals surface area contributed by atoms with E-state index in [9.17, 15) is 34.4 Å². The molecule has 0 aliphatic carbocycles. The zero-order chi connectivity index (χ0) is 21.7. The van der Waals surface area contributed by atoms with Gasteiger partial charge in [0.2, 0.25) is 12.6 Å². The number of carbonyl (C=O) groups excluding carboxylic acids is 3. The van der Waals surface area contributed by atoms with Crippen molar-refractivity contribution in [3.63, 3.8) is 0 Å². The number of carboxylic acid groups (broad SMARTS) is 1. The first-order valence-electron chi connectivity index (χ1n) is 7.89. The van der Waals surface area contributed by atoms with Crippen LogP contribution < -0.4 is 15.5 Å². The molecule has 1 aromatic heterocycles. The molecule has 4 amide bonds. The number of benzene rings is 1. The third-order valence-electron chi connectivity index (χ3n) is 3.63. The molecule has 0 aliphatic heterocycles. The summed E-state index contributed by atoms with van der Waals surface area (Å²) in [5, 5.41) is 23.3. The smallest absolute Gasteiger partial charge is 0.347 e. The number of aliphatic carboxylic acids is 1. The number of anilines is 1. The Morgan fingerprint density at radius 2 is 2.03 bits per heavy atom. The molecule has 0 saturated heterocycles. The molecule has 3 N–H and O–H groups in total. The van der Waals surface area contributed by atoms with Gasteiger partial charge < -0.3 is 10.4 Å². The van der Waals surface area contributed by atoms with E-state index < -0.39 is 34.0 Å². The number of amides is 4. The lowest BCUT2D eigenvalue weighted by molar-refractivity contribution is -0.380. The van der Waals surface area contributed by atoms with Crippen LogP contribution in [0.3, 0.4) is 0 Å². The molecule has 0 radical (unpaired) electrons. The average molecular weight is 421 g/mol. The van der Waals surface area contributed by atoms with Gasteiger partial charge in [0, 0.05) is 5.56 Å². The van der Waals surface area contributed by atoms with Gasteiger partial charge in [0.25, 0.3) is 5.91 Å². The zero-order valence-electron chi connectivity index (χ0n) is 15.1. The molecule has 1 heterocycles. The Labute approximate surface area is 167 Å². The highest BCUT2D eigenvalue weighted by molar-refractivity contribution is 7.18. The summed E-state index contributed by atoms with van der Waals surface area (Å²) in [4.78, 5) is 61.3. The van der Waals surface area contributed by atoms with E-state index in [0.29, 0.717) is 21.8 Å². The first-order chi connectivity index (χ1) is 13.6. The number of thiazole rings is 1. The van der Waals surface area contributed by atoms with Crippen molar-refractivity contribution >= 4 is 45.8 Å². The highest BCUT2D eigenvalue weighted by Gasteiger charge is 2.31. The molecule has 0 bridgehead atoms. The van der Waals surface area contributed by atoms with Gasteiger partial charge in [0.15, 0.2) is 5.13 Å². The van der Waals surface area contributed by atoms with E-state index in [1.54, 1.807) is 19.1 Å². The van der Waals surface area contributed by atoms with Crippen molar-refractivity contribution in [2.24, 2.45) is 0 Å². The van der Waals surface area contributed by atoms with Crippen molar-refractivity contribution in [2.75, 3.05) is 4.90 Å². The quantitative estimate of drug-likeness (QED) is 0.259. The SMILES string of the molecule is Cc1ccc(C(=O)NC(=O)NC(C(=O)O)N(C=O)c2ncc([N+](=O)[O-])s2)c(C)c1. The van der Waals surface area contributed by atoms with E-state index in [-0.39, 0.29) is 17.1 Å². The van der Waals surface area contributed by atoms with E-state index in [0.717, 1.165) is 11.8 Å². The number of hydrogen-bond acceptors (Lipinski definition) is 8. The van der Waals surface area contributed by atoms with E-state index in [1.165, 1.54) is 6.07 Å². The maximum atomic E-state index is 12.2. The van der Waals surface area contributed by atoms with Gasteiger partial charge in [-0.15, -0.1) is 0 Å². The average Bonchev–Trinajstić information content (AvgIpc) is 3.11. The molecule has 29 heavy (non-hydrogen) atoms. The summed E-state index contributed by atoms with van der Waals surface area (Å²) >= 11 is 0.443. The number of urea groups is 1. The molecule has 0 fully saturated rings. The van der Waals surface area contributed by atoms with Crippen LogP contribution in [0.5, 0.6) is 0 Å². The molecule has 12 nitrogen and oxygen atoms in total. The molecule has 2 aromatic rings. The largest absolute Gasteiger partial charge is 0.478 e. The van der Waals surface area contributed by atoms with E-state index >= 15 is 0 Å². The summed E-state index contributed by atoms with van der Waals surface area (Å²) in [6.07, 6.45) is -1.06. The van der Waals surface area contributed by atoms with Crippen molar-refractivity contribution < 1.29 is 29.2 Å². The summed E-state index contributed by atoms with van der Waals surface area (Å²) < 4.78 is 0. The Hall–Kier alpha value is -3.87. The van der Waals surface area contributed by atoms with Gasteiger partial charge in [-0.3, -0.25) is 29.9 Å². The molecule has 152 valence electrons. The summed E-state index contributed by atoms with van der Waals surface area (Å²) in [6.45, 7) is 3.50. The molecule has 1 aromatic carbocycles. The number of rotatable bonds is 7. The number of carbonyl (C=O) groups is 4. The number of nitro groups is 1. The first kappa shape index (κ1) is 21.4. The lowest BCUT2D eigenvalue weighted by Crippen LogP contribution is -2.56. The van der Waals surface area contributed by atoms with Gasteiger partial charge in [-0.25, -0.2) is 14.6 Å². The van der Waals surface area contributed by atoms with Crippen molar-refractivity contribution in [1.29, 1.82) is 0 Å². The van der Waals surface area contributed by atoms with E-state index in [1.807, 2.05) is 17.6 Å². The van der Waals surface area contributed by atoms with Crippen molar-refractivity contribution in [1.82, 2.24) is 15.6 Å². The molecule has 0 aliphatic rings. The number of hydrogen-bond donors (Lipinski definition) is 3. The van der Waals surface area contributed by atoms with Crippen LogP contribution in [0.4, 0.5) is 14.9 Å². The van der Waals surface area contributed by atoms with Crippen LogP contribution in [-0.4, -0.2) is 45.5 Å². The fourth-order valence-electron chi connectivity index (χ4n) is 2.33. The fourth-order valence-corrected chi connectivity index (χ4v) is 3.05. The van der Waals surface area contributed by atoms with Crippen molar-refractivity contribution in [3.8, 4) is 0 Å². The summed E-state index contributed by atoms with van der Waals surface area (Å²) in [5.74, 6) is -2.42. The monoisotopic (exact) mass is 421 g/mol. The fraction of sp³-hybridized carbons (Fsp3) is 0.188. The van der Waals surface area contributed by atoms with Gasteiger partial charge in [-0.05, 0) is 36.8 Å². The Kier molecular flexibility index (Phi) is 6.56. The summed E-state index contributed by atoms with van der Waals surface area (Å²) in [6, 6.07) is 3.73. The van der Waals surface area contributed by atoms with Crippen molar-refractivity contribution in [3.05, 3.63) is 51.2 Å². The second-order valence-electron chi connectivity index (χ2n) is 5.74. The third kappa shape index (κ3) is 5.10. The van der Waals surface area contributed by atoms with Crippen LogP contribution >= 0.6 is 11.3 Å². The van der Waals surface area contributed by atoms with Crippen LogP contribution in [0.25, 0.3) is 0 Å². The van der Waals surface area contributed by atoms with Gasteiger partial charge >= 0.3 is 17.0 Å². The van der Waals surface area contributed by atoms with Gasteiger partial charge in [-0.1, -0.05) is 17.7 Å². The topological polar surface area (TPSA) is 172 Å². The lowest BCUT2D eigenvalue weighted by Gasteiger charge is -2.23. The molecule has 1 unspecified atom stereocenters. The second-order valence-corrected chi connectivity index (χ2v) is 6.73. The van der Waals surface area contributed by atoms with Gasteiger partial charge in [-0.2, -0.15) is 0 Å². The van der Waals surface area contributed by atoms with Crippen LogP contribution in [0, 0.1) is 24.0 Å². The number of nitrogens with one attached hydrogen (secondary N) is 2. The number of carboxylic acids is 1. The standard InChI is InChI=1S/C16H15N5O7S/c1-8-3-4-10(9(2)5-8)13(23)19-15(26)18-12(14(24)25)20(7-22)16-17-6-11(29-16)21(27)28/h3-7,12H,1-2H3,(H,24,25)(H2,18,19,23,26). The zero-order valence-corrected chi connectivity index (χ0v) is 15.9. The van der Waals surface area contributed by atoms with Gasteiger partial charge in [0.05, 0.1) is 4.92 Å². The Balaban J connectivity index is 2.16. The molecule has 0 spiro atoms. The molecular formula is C16H15N5O7S. The second kappa shape index (κ2) is 8.88. The maximum Gasteiger partial charge on any atom is 0.347 e. The molecule has 13 heteroatoms. The Morgan fingerprint density at radius 3 is 2.55 bits per heavy atom. The third-order valence-corrected chi connectivity index (χ3v) is 4.59. The predicted octanol–water partition coefficient (Wildman–Crippen LogP) is 1.18. The van der Waals surface area contributed by atoms with E-state index in [2.05, 4.69) is 4.98 Å². The van der Waals surface area contributed by atoms with Crippen LogP contribution in [0.15, 0.2) is 24.4 Å². The lowest BCUT2D eigenvalue weighted by atomic mass is 10.1. The minimum atomic E-state index is -1.95. The molecule has 0 saturated carbocycles. The van der Waals surface area contributed by atoms with Crippen LogP contribution in [-0.2, 0) is 9.59 Å². The Bertz CT molecular complexity index is 990. The highest BCUT2D eigenvalue weighted by Crippen LogP contribution is 2.28. The number of imide groups is 1. The first-order valence-corrected chi connectivity index (χ1v) is 8.71.